The summed E-state index contributed by atoms with van der Waals surface area (Å²) >= 11 is 1.91. The second-order valence-corrected chi connectivity index (χ2v) is 5.23. The van der Waals surface area contributed by atoms with Crippen LogP contribution in [0.25, 0.3) is 0 Å². The van der Waals surface area contributed by atoms with Crippen LogP contribution in [0.3, 0.4) is 0 Å². The zero-order chi connectivity index (χ0) is 16.0. The number of alkyl halides is 2. The van der Waals surface area contributed by atoms with Gasteiger partial charge in [0.1, 0.15) is 0 Å². The molecule has 3 N–H and O–H groups in total. The Hall–Kier alpha value is -1.49. The number of carbonyl (C=O) groups is 2. The topological polar surface area (TPSA) is 89.9 Å². The number of hydrogen-bond donors (Lipinski definition) is 3. The van der Waals surface area contributed by atoms with Crippen LogP contribution in [0.5, 0.6) is 0 Å². The molecular weight excluding hydrogens is 401 g/mol. The van der Waals surface area contributed by atoms with Crippen LogP contribution < -0.4 is 5.32 Å². The molecule has 1 aromatic rings. The van der Waals surface area contributed by atoms with Gasteiger partial charge in [-0.3, -0.25) is 0 Å². The average Bonchev–Trinajstić information content (AvgIpc) is 2.39. The largest absolute Gasteiger partial charge is 0.478 e. The SMILES string of the molecule is O=C(O)c1cc(I)ccc1NC(=O)N(CCO)CC(F)F. The van der Waals surface area contributed by atoms with Gasteiger partial charge in [-0.05, 0) is 40.8 Å². The van der Waals surface area contributed by atoms with Gasteiger partial charge in [-0.15, -0.1) is 0 Å². The summed E-state index contributed by atoms with van der Waals surface area (Å²) in [5.41, 5.74) is -0.138. The lowest BCUT2D eigenvalue weighted by molar-refractivity contribution is 0.0697. The molecule has 0 aromatic heterocycles. The third kappa shape index (κ3) is 5.42. The van der Waals surface area contributed by atoms with Crippen molar-refractivity contribution in [1.29, 1.82) is 0 Å². The summed E-state index contributed by atoms with van der Waals surface area (Å²) in [5, 5.41) is 20.1. The van der Waals surface area contributed by atoms with Crippen LogP contribution in [-0.4, -0.2) is 53.2 Å². The third-order valence-electron chi connectivity index (χ3n) is 2.47. The Bertz CT molecular complexity index is 528. The lowest BCUT2D eigenvalue weighted by atomic mass is 10.2. The molecule has 0 heterocycles. The van der Waals surface area contributed by atoms with Crippen molar-refractivity contribution in [3.05, 3.63) is 27.3 Å². The van der Waals surface area contributed by atoms with E-state index in [4.69, 9.17) is 10.2 Å². The summed E-state index contributed by atoms with van der Waals surface area (Å²) in [5.74, 6) is -1.24. The van der Waals surface area contributed by atoms with E-state index in [9.17, 15) is 18.4 Å². The lowest BCUT2D eigenvalue weighted by Crippen LogP contribution is -2.40. The van der Waals surface area contributed by atoms with Gasteiger partial charge in [0, 0.05) is 10.1 Å². The van der Waals surface area contributed by atoms with Crippen LogP contribution in [-0.2, 0) is 0 Å². The quantitative estimate of drug-likeness (QED) is 0.622. The molecule has 6 nitrogen and oxygen atoms in total. The first-order chi connectivity index (χ1) is 9.85. The van der Waals surface area contributed by atoms with Crippen LogP contribution in [0, 0.1) is 3.57 Å². The summed E-state index contributed by atoms with van der Waals surface area (Å²) in [4.78, 5) is 23.7. The highest BCUT2D eigenvalue weighted by Crippen LogP contribution is 2.19. The first kappa shape index (κ1) is 17.6. The van der Waals surface area contributed by atoms with E-state index in [0.29, 0.717) is 8.47 Å². The van der Waals surface area contributed by atoms with Gasteiger partial charge >= 0.3 is 12.0 Å². The van der Waals surface area contributed by atoms with Crippen LogP contribution in [0.1, 0.15) is 10.4 Å². The van der Waals surface area contributed by atoms with E-state index in [1.54, 1.807) is 6.07 Å². The molecule has 0 aliphatic rings. The van der Waals surface area contributed by atoms with Crippen LogP contribution >= 0.6 is 22.6 Å². The van der Waals surface area contributed by atoms with Gasteiger partial charge < -0.3 is 20.4 Å². The van der Waals surface area contributed by atoms with E-state index >= 15 is 0 Å². The van der Waals surface area contributed by atoms with Gasteiger partial charge in [0.25, 0.3) is 6.43 Å². The van der Waals surface area contributed by atoms with E-state index in [1.165, 1.54) is 12.1 Å². The van der Waals surface area contributed by atoms with Gasteiger partial charge in [0.05, 0.1) is 24.4 Å². The fourth-order valence-electron chi connectivity index (χ4n) is 1.56. The van der Waals surface area contributed by atoms with Crippen molar-refractivity contribution in [3.63, 3.8) is 0 Å². The molecule has 21 heavy (non-hydrogen) atoms. The standard InChI is InChI=1S/C12H13F2IN2O4/c13-10(14)6-17(3-4-18)12(21)16-9-2-1-7(15)5-8(9)11(19)20/h1-2,5,10,18H,3-4,6H2,(H,16,21)(H,19,20). The zero-order valence-electron chi connectivity index (χ0n) is 10.7. The monoisotopic (exact) mass is 414 g/mol. The van der Waals surface area contributed by atoms with Gasteiger partial charge in [-0.1, -0.05) is 0 Å². The maximum Gasteiger partial charge on any atom is 0.337 e. The molecule has 0 radical (unpaired) electrons. The number of benzene rings is 1. The van der Waals surface area contributed by atoms with Gasteiger partial charge in [-0.25, -0.2) is 18.4 Å². The number of carboxylic acids is 1. The van der Waals surface area contributed by atoms with Crippen molar-refractivity contribution in [1.82, 2.24) is 4.90 Å². The predicted molar refractivity (Wildman–Crippen MR) is 79.8 cm³/mol. The molecule has 0 bridgehead atoms. The molecule has 0 saturated heterocycles. The number of aliphatic hydroxyl groups excluding tert-OH is 1. The van der Waals surface area contributed by atoms with E-state index in [-0.39, 0.29) is 17.8 Å². The summed E-state index contributed by atoms with van der Waals surface area (Å²) in [6, 6.07) is 3.41. The molecule has 0 aliphatic carbocycles. The summed E-state index contributed by atoms with van der Waals surface area (Å²) in [6.45, 7) is -1.60. The minimum atomic E-state index is -2.75. The maximum atomic E-state index is 12.4. The number of rotatable bonds is 6. The number of carbonyl (C=O) groups excluding carboxylic acids is 1. The molecule has 0 atom stereocenters. The molecule has 0 aliphatic heterocycles. The number of amides is 2. The molecule has 2 amide bonds. The molecule has 0 unspecified atom stereocenters. The van der Waals surface area contributed by atoms with Crippen LogP contribution in [0.4, 0.5) is 19.3 Å². The Morgan fingerprint density at radius 1 is 1.38 bits per heavy atom. The first-order valence-electron chi connectivity index (χ1n) is 5.83. The van der Waals surface area contributed by atoms with Crippen molar-refractivity contribution in [2.45, 2.75) is 6.43 Å². The average molecular weight is 414 g/mol. The normalized spacial score (nSPS) is 10.5. The number of carboxylic acid groups (broad SMARTS) is 1. The van der Waals surface area contributed by atoms with E-state index in [1.807, 2.05) is 22.6 Å². The smallest absolute Gasteiger partial charge is 0.337 e. The van der Waals surface area contributed by atoms with Crippen molar-refractivity contribution >= 4 is 40.3 Å². The number of nitrogens with one attached hydrogen (secondary N) is 1. The van der Waals surface area contributed by atoms with Crippen LogP contribution in [0.2, 0.25) is 0 Å². The van der Waals surface area contributed by atoms with E-state index in [0.717, 1.165) is 0 Å². The summed E-state index contributed by atoms with van der Waals surface area (Å²) in [7, 11) is 0. The number of anilines is 1. The van der Waals surface area contributed by atoms with Crippen molar-refractivity contribution in [2.75, 3.05) is 25.0 Å². The summed E-state index contributed by atoms with van der Waals surface area (Å²) < 4.78 is 25.4. The predicted octanol–water partition coefficient (Wildman–Crippen LogP) is 2.08. The molecule has 1 rings (SSSR count). The molecule has 0 saturated carbocycles. The van der Waals surface area contributed by atoms with Gasteiger partial charge in [0.2, 0.25) is 0 Å². The first-order valence-corrected chi connectivity index (χ1v) is 6.90. The Kier molecular flexibility index (Phi) is 6.75. The minimum Gasteiger partial charge on any atom is -0.478 e. The number of halogens is 3. The highest BCUT2D eigenvalue weighted by molar-refractivity contribution is 14.1. The lowest BCUT2D eigenvalue weighted by Gasteiger charge is -2.22. The molecule has 1 aromatic carbocycles. The highest BCUT2D eigenvalue weighted by atomic mass is 127. The Morgan fingerprint density at radius 3 is 2.57 bits per heavy atom. The fourth-order valence-corrected chi connectivity index (χ4v) is 2.05. The number of nitrogens with zero attached hydrogens (tertiary/aromatic N) is 1. The third-order valence-corrected chi connectivity index (χ3v) is 3.14. The van der Waals surface area contributed by atoms with Gasteiger partial charge in [0.15, 0.2) is 0 Å². The Morgan fingerprint density at radius 2 is 2.05 bits per heavy atom. The molecule has 9 heteroatoms. The molecular formula is C12H13F2IN2O4. The maximum absolute atomic E-state index is 12.4. The number of hydrogen-bond acceptors (Lipinski definition) is 3. The molecule has 0 fully saturated rings. The van der Waals surface area contributed by atoms with Crippen molar-refractivity contribution in [3.8, 4) is 0 Å². The second-order valence-electron chi connectivity index (χ2n) is 3.99. The minimum absolute atomic E-state index is 0.00474. The fraction of sp³-hybridized carbons (Fsp3) is 0.333. The zero-order valence-corrected chi connectivity index (χ0v) is 12.9. The van der Waals surface area contributed by atoms with Gasteiger partial charge in [-0.2, -0.15) is 0 Å². The highest BCUT2D eigenvalue weighted by Gasteiger charge is 2.20. The number of urea groups is 1. The number of aliphatic hydroxyl groups is 1. The van der Waals surface area contributed by atoms with Crippen molar-refractivity contribution in [2.24, 2.45) is 0 Å². The van der Waals surface area contributed by atoms with Crippen molar-refractivity contribution < 1.29 is 28.6 Å². The number of aromatic carboxylic acids is 1. The second kappa shape index (κ2) is 8.08. The Balaban J connectivity index is 2.92. The van der Waals surface area contributed by atoms with Crippen LogP contribution in [0.15, 0.2) is 18.2 Å². The van der Waals surface area contributed by atoms with E-state index in [2.05, 4.69) is 5.32 Å². The molecule has 0 spiro atoms. The summed E-state index contributed by atoms with van der Waals surface area (Å²) in [6.07, 6.45) is -2.75. The Labute approximate surface area is 132 Å². The molecule has 116 valence electrons. The van der Waals surface area contributed by atoms with E-state index < -0.39 is 31.6 Å².